The zero-order valence-corrected chi connectivity index (χ0v) is 12.6. The highest BCUT2D eigenvalue weighted by Crippen LogP contribution is 2.33. The third-order valence-electron chi connectivity index (χ3n) is 4.67. The van der Waals surface area contributed by atoms with Crippen molar-refractivity contribution in [2.45, 2.75) is 6.54 Å². The Morgan fingerprint density at radius 3 is 2.70 bits per heavy atom. The fraction of sp³-hybridized carbons (Fsp3) is 0.375. The standard InChI is InChI=1S/C16H17N5O2/c22-15-13-10-21(16(23)14-3-6-18-19-14)9-12(13)8-20(15)7-11-1-4-17-5-2-11/h1-6,12-13H,7-10H2,(H,18,19)/t12-,13+/m1/s1. The summed E-state index contributed by atoms with van der Waals surface area (Å²) in [7, 11) is 0. The quantitative estimate of drug-likeness (QED) is 0.896. The van der Waals surface area contributed by atoms with Gasteiger partial charge in [0.1, 0.15) is 5.69 Å². The van der Waals surface area contributed by atoms with Crippen molar-refractivity contribution in [2.75, 3.05) is 19.6 Å². The molecule has 0 aromatic carbocycles. The van der Waals surface area contributed by atoms with E-state index in [1.54, 1.807) is 29.6 Å². The maximum absolute atomic E-state index is 12.6. The van der Waals surface area contributed by atoms with E-state index in [1.807, 2.05) is 17.0 Å². The maximum atomic E-state index is 12.6. The smallest absolute Gasteiger partial charge is 0.271 e. The van der Waals surface area contributed by atoms with Gasteiger partial charge in [-0.1, -0.05) is 0 Å². The van der Waals surface area contributed by atoms with E-state index < -0.39 is 0 Å². The second kappa shape index (κ2) is 5.49. The van der Waals surface area contributed by atoms with E-state index in [0.29, 0.717) is 31.9 Å². The molecule has 0 unspecified atom stereocenters. The molecule has 2 saturated heterocycles. The van der Waals surface area contributed by atoms with Gasteiger partial charge in [-0.2, -0.15) is 5.10 Å². The number of nitrogens with zero attached hydrogens (tertiary/aromatic N) is 4. The fourth-order valence-electron chi connectivity index (χ4n) is 3.51. The predicted molar refractivity (Wildman–Crippen MR) is 81.1 cm³/mol. The molecule has 2 aromatic heterocycles. The molecule has 2 aromatic rings. The third kappa shape index (κ3) is 2.48. The minimum Gasteiger partial charge on any atom is -0.338 e. The molecular weight excluding hydrogens is 294 g/mol. The zero-order chi connectivity index (χ0) is 15.8. The monoisotopic (exact) mass is 311 g/mol. The number of aromatic amines is 1. The van der Waals surface area contributed by atoms with Crippen LogP contribution < -0.4 is 0 Å². The van der Waals surface area contributed by atoms with Gasteiger partial charge in [-0.25, -0.2) is 0 Å². The molecule has 0 bridgehead atoms. The lowest BCUT2D eigenvalue weighted by Gasteiger charge is -2.21. The number of H-pyrrole nitrogens is 1. The largest absolute Gasteiger partial charge is 0.338 e. The topological polar surface area (TPSA) is 82.2 Å². The number of aromatic nitrogens is 3. The minimum atomic E-state index is -0.0799. The van der Waals surface area contributed by atoms with Crippen molar-refractivity contribution in [3.8, 4) is 0 Å². The van der Waals surface area contributed by atoms with Crippen LogP contribution >= 0.6 is 0 Å². The number of carbonyl (C=O) groups excluding carboxylic acids is 2. The van der Waals surface area contributed by atoms with Crippen LogP contribution in [0.2, 0.25) is 0 Å². The number of pyridine rings is 1. The first-order chi connectivity index (χ1) is 11.2. The molecule has 118 valence electrons. The minimum absolute atomic E-state index is 0.0783. The van der Waals surface area contributed by atoms with Gasteiger partial charge in [-0.15, -0.1) is 0 Å². The number of likely N-dealkylation sites (tertiary alicyclic amines) is 2. The molecule has 1 N–H and O–H groups in total. The van der Waals surface area contributed by atoms with Crippen molar-refractivity contribution in [2.24, 2.45) is 11.8 Å². The first kappa shape index (κ1) is 13.9. The Bertz CT molecular complexity index is 715. The summed E-state index contributed by atoms with van der Waals surface area (Å²) in [4.78, 5) is 32.6. The van der Waals surface area contributed by atoms with E-state index >= 15 is 0 Å². The summed E-state index contributed by atoms with van der Waals surface area (Å²) in [6.45, 7) is 2.44. The Kier molecular flexibility index (Phi) is 3.33. The van der Waals surface area contributed by atoms with Crippen molar-refractivity contribution < 1.29 is 9.59 Å². The Morgan fingerprint density at radius 2 is 2.00 bits per heavy atom. The van der Waals surface area contributed by atoms with Gasteiger partial charge in [-0.3, -0.25) is 19.7 Å². The lowest BCUT2D eigenvalue weighted by atomic mass is 10.0. The van der Waals surface area contributed by atoms with Crippen LogP contribution in [0.15, 0.2) is 36.8 Å². The summed E-state index contributed by atoms with van der Waals surface area (Å²) < 4.78 is 0. The molecule has 4 rings (SSSR count). The van der Waals surface area contributed by atoms with Crippen LogP contribution in [0, 0.1) is 11.8 Å². The highest BCUT2D eigenvalue weighted by atomic mass is 16.2. The predicted octanol–water partition coefficient (Wildman–Crippen LogP) is 0.535. The molecule has 0 spiro atoms. The molecule has 4 heterocycles. The second-order valence-corrected chi connectivity index (χ2v) is 6.12. The van der Waals surface area contributed by atoms with Gasteiger partial charge in [0, 0.05) is 50.7 Å². The Hall–Kier alpha value is -2.70. The average molecular weight is 311 g/mol. The van der Waals surface area contributed by atoms with Gasteiger partial charge < -0.3 is 9.80 Å². The van der Waals surface area contributed by atoms with Gasteiger partial charge in [0.05, 0.1) is 5.92 Å². The fourth-order valence-corrected chi connectivity index (χ4v) is 3.51. The molecule has 2 aliphatic heterocycles. The molecule has 0 radical (unpaired) electrons. The van der Waals surface area contributed by atoms with Gasteiger partial charge in [0.2, 0.25) is 5.91 Å². The number of rotatable bonds is 3. The van der Waals surface area contributed by atoms with E-state index in [2.05, 4.69) is 15.2 Å². The van der Waals surface area contributed by atoms with Gasteiger partial charge in [0.25, 0.3) is 5.91 Å². The van der Waals surface area contributed by atoms with Crippen molar-refractivity contribution in [1.29, 1.82) is 0 Å². The molecular formula is C16H17N5O2. The Morgan fingerprint density at radius 1 is 1.17 bits per heavy atom. The summed E-state index contributed by atoms with van der Waals surface area (Å²) in [5.41, 5.74) is 1.56. The van der Waals surface area contributed by atoms with E-state index in [9.17, 15) is 9.59 Å². The molecule has 23 heavy (non-hydrogen) atoms. The van der Waals surface area contributed by atoms with Crippen molar-refractivity contribution in [1.82, 2.24) is 25.0 Å². The van der Waals surface area contributed by atoms with E-state index in [0.717, 1.165) is 5.56 Å². The summed E-state index contributed by atoms with van der Waals surface area (Å²) >= 11 is 0. The first-order valence-electron chi connectivity index (χ1n) is 7.68. The van der Waals surface area contributed by atoms with Gasteiger partial charge in [-0.05, 0) is 23.8 Å². The number of nitrogens with one attached hydrogen (secondary N) is 1. The van der Waals surface area contributed by atoms with E-state index in [-0.39, 0.29) is 23.7 Å². The van der Waals surface area contributed by atoms with Crippen molar-refractivity contribution in [3.63, 3.8) is 0 Å². The number of amides is 2. The number of hydrogen-bond donors (Lipinski definition) is 1. The summed E-state index contributed by atoms with van der Waals surface area (Å²) in [5.74, 6) is 0.206. The normalized spacial score (nSPS) is 23.4. The lowest BCUT2D eigenvalue weighted by molar-refractivity contribution is -0.131. The third-order valence-corrected chi connectivity index (χ3v) is 4.67. The van der Waals surface area contributed by atoms with E-state index in [1.165, 1.54) is 0 Å². The van der Waals surface area contributed by atoms with Crippen LogP contribution in [-0.4, -0.2) is 56.4 Å². The summed E-state index contributed by atoms with van der Waals surface area (Å²) in [6.07, 6.45) is 5.04. The number of fused-ring (bicyclic) bond motifs is 1. The molecule has 2 aliphatic rings. The lowest BCUT2D eigenvalue weighted by Crippen LogP contribution is -2.35. The van der Waals surface area contributed by atoms with Crippen molar-refractivity contribution >= 4 is 11.8 Å². The molecule has 2 atom stereocenters. The SMILES string of the molecule is O=C(c1ccn[nH]1)N1C[C@H]2CN(Cc3ccncc3)C(=O)[C@H]2C1. The molecule has 2 fully saturated rings. The number of hydrogen-bond acceptors (Lipinski definition) is 4. The highest BCUT2D eigenvalue weighted by molar-refractivity contribution is 5.93. The molecule has 0 saturated carbocycles. The maximum Gasteiger partial charge on any atom is 0.271 e. The Labute approximate surface area is 133 Å². The average Bonchev–Trinajstić information content (AvgIpc) is 3.28. The van der Waals surface area contributed by atoms with Crippen LogP contribution in [0.5, 0.6) is 0 Å². The molecule has 2 amide bonds. The van der Waals surface area contributed by atoms with Crippen LogP contribution in [-0.2, 0) is 11.3 Å². The van der Waals surface area contributed by atoms with E-state index in [4.69, 9.17) is 0 Å². The van der Waals surface area contributed by atoms with Crippen LogP contribution in [0.3, 0.4) is 0 Å². The zero-order valence-electron chi connectivity index (χ0n) is 12.6. The first-order valence-corrected chi connectivity index (χ1v) is 7.68. The van der Waals surface area contributed by atoms with Crippen molar-refractivity contribution in [3.05, 3.63) is 48.0 Å². The van der Waals surface area contributed by atoms with Crippen LogP contribution in [0.1, 0.15) is 16.1 Å². The Balaban J connectivity index is 1.42. The van der Waals surface area contributed by atoms with Crippen LogP contribution in [0.25, 0.3) is 0 Å². The molecule has 0 aliphatic carbocycles. The molecule has 7 nitrogen and oxygen atoms in total. The van der Waals surface area contributed by atoms with Gasteiger partial charge >= 0.3 is 0 Å². The highest BCUT2D eigenvalue weighted by Gasteiger charge is 2.47. The van der Waals surface area contributed by atoms with Gasteiger partial charge in [0.15, 0.2) is 0 Å². The number of carbonyl (C=O) groups is 2. The molecule has 7 heteroatoms. The second-order valence-electron chi connectivity index (χ2n) is 6.12. The summed E-state index contributed by atoms with van der Waals surface area (Å²) in [5, 5.41) is 6.50. The summed E-state index contributed by atoms with van der Waals surface area (Å²) in [6, 6.07) is 5.51. The van der Waals surface area contributed by atoms with Crippen LogP contribution in [0.4, 0.5) is 0 Å².